The Morgan fingerprint density at radius 3 is 2.72 bits per heavy atom. The van der Waals surface area contributed by atoms with Gasteiger partial charge in [-0.25, -0.2) is 9.97 Å². The summed E-state index contributed by atoms with van der Waals surface area (Å²) in [5.41, 5.74) is 1.13. The minimum atomic E-state index is 0.789. The molecule has 1 aliphatic rings. The van der Waals surface area contributed by atoms with Crippen molar-refractivity contribution in [3.8, 4) is 0 Å². The number of rotatable bonds is 4. The van der Waals surface area contributed by atoms with Crippen LogP contribution in [0.15, 0.2) is 6.07 Å². The molecule has 2 heterocycles. The van der Waals surface area contributed by atoms with E-state index in [9.17, 15) is 0 Å². The van der Waals surface area contributed by atoms with Crippen LogP contribution in [0.25, 0.3) is 0 Å². The zero-order valence-electron chi connectivity index (χ0n) is 11.7. The lowest BCUT2D eigenvalue weighted by Gasteiger charge is -2.28. The molecule has 0 aromatic carbocycles. The summed E-state index contributed by atoms with van der Waals surface area (Å²) in [6, 6.07) is 2.12. The van der Waals surface area contributed by atoms with Crippen molar-refractivity contribution in [2.75, 3.05) is 31.6 Å². The second kappa shape index (κ2) is 6.14. The number of piperidine rings is 1. The number of nitrogens with one attached hydrogen (secondary N) is 1. The summed E-state index contributed by atoms with van der Waals surface area (Å²) in [6.45, 7) is 7.52. The van der Waals surface area contributed by atoms with E-state index in [0.717, 1.165) is 49.3 Å². The molecule has 1 saturated heterocycles. The summed E-state index contributed by atoms with van der Waals surface area (Å²) in [6.07, 6.45) is 3.52. The maximum atomic E-state index is 4.55. The van der Waals surface area contributed by atoms with Gasteiger partial charge in [0.2, 0.25) is 0 Å². The van der Waals surface area contributed by atoms with E-state index in [-0.39, 0.29) is 0 Å². The Balaban J connectivity index is 2.02. The van der Waals surface area contributed by atoms with Gasteiger partial charge in [0, 0.05) is 25.4 Å². The number of aromatic nitrogens is 2. The standard InChI is InChI=1S/C14H24N4/c1-4-13-9-14(17-11(2)16-13)18(3)10-12-5-7-15-8-6-12/h9,12,15H,4-8,10H2,1-3H3. The first kappa shape index (κ1) is 13.3. The largest absolute Gasteiger partial charge is 0.359 e. The monoisotopic (exact) mass is 248 g/mol. The van der Waals surface area contributed by atoms with E-state index >= 15 is 0 Å². The number of anilines is 1. The van der Waals surface area contributed by atoms with Crippen molar-refractivity contribution in [2.45, 2.75) is 33.1 Å². The number of aryl methyl sites for hydroxylation is 2. The molecule has 0 unspecified atom stereocenters. The molecular formula is C14H24N4. The van der Waals surface area contributed by atoms with Crippen LogP contribution in [-0.4, -0.2) is 36.6 Å². The highest BCUT2D eigenvalue weighted by Gasteiger charge is 2.16. The van der Waals surface area contributed by atoms with E-state index in [1.807, 2.05) is 6.92 Å². The molecule has 2 rings (SSSR count). The Kier molecular flexibility index (Phi) is 4.53. The van der Waals surface area contributed by atoms with Gasteiger partial charge in [-0.2, -0.15) is 0 Å². The lowest BCUT2D eigenvalue weighted by molar-refractivity contribution is 0.377. The molecule has 4 heteroatoms. The van der Waals surface area contributed by atoms with Crippen molar-refractivity contribution in [1.29, 1.82) is 0 Å². The highest BCUT2D eigenvalue weighted by Crippen LogP contribution is 2.17. The van der Waals surface area contributed by atoms with Crippen LogP contribution >= 0.6 is 0 Å². The Labute approximate surface area is 110 Å². The van der Waals surface area contributed by atoms with E-state index in [1.165, 1.54) is 12.8 Å². The molecule has 1 aromatic heterocycles. The first-order valence-electron chi connectivity index (χ1n) is 6.95. The van der Waals surface area contributed by atoms with Crippen molar-refractivity contribution in [3.63, 3.8) is 0 Å². The third kappa shape index (κ3) is 3.42. The van der Waals surface area contributed by atoms with Crippen molar-refractivity contribution >= 4 is 5.82 Å². The van der Waals surface area contributed by atoms with Crippen molar-refractivity contribution in [2.24, 2.45) is 5.92 Å². The van der Waals surface area contributed by atoms with Gasteiger partial charge in [0.05, 0.1) is 0 Å². The summed E-state index contributed by atoms with van der Waals surface area (Å²) in [5, 5.41) is 3.41. The topological polar surface area (TPSA) is 41.0 Å². The molecule has 0 aliphatic carbocycles. The fourth-order valence-corrected chi connectivity index (χ4v) is 2.53. The van der Waals surface area contributed by atoms with Gasteiger partial charge in [0.1, 0.15) is 11.6 Å². The number of hydrogen-bond acceptors (Lipinski definition) is 4. The van der Waals surface area contributed by atoms with Crippen molar-refractivity contribution < 1.29 is 0 Å². The zero-order chi connectivity index (χ0) is 13.0. The van der Waals surface area contributed by atoms with Crippen LogP contribution in [0.5, 0.6) is 0 Å². The van der Waals surface area contributed by atoms with Gasteiger partial charge >= 0.3 is 0 Å². The van der Waals surface area contributed by atoms with Gasteiger partial charge in [0.25, 0.3) is 0 Å². The molecular weight excluding hydrogens is 224 g/mol. The van der Waals surface area contributed by atoms with Crippen LogP contribution in [0, 0.1) is 12.8 Å². The van der Waals surface area contributed by atoms with Crippen LogP contribution in [0.3, 0.4) is 0 Å². The third-order valence-corrected chi connectivity index (χ3v) is 3.62. The lowest BCUT2D eigenvalue weighted by Crippen LogP contribution is -2.35. The smallest absolute Gasteiger partial charge is 0.132 e. The van der Waals surface area contributed by atoms with Crippen LogP contribution in [0.1, 0.15) is 31.3 Å². The number of hydrogen-bond donors (Lipinski definition) is 1. The first-order chi connectivity index (χ1) is 8.69. The van der Waals surface area contributed by atoms with E-state index < -0.39 is 0 Å². The lowest BCUT2D eigenvalue weighted by atomic mass is 9.98. The van der Waals surface area contributed by atoms with Gasteiger partial charge in [0.15, 0.2) is 0 Å². The van der Waals surface area contributed by atoms with Gasteiger partial charge in [-0.1, -0.05) is 6.92 Å². The molecule has 1 fully saturated rings. The summed E-state index contributed by atoms with van der Waals surface area (Å²) < 4.78 is 0. The molecule has 1 aliphatic heterocycles. The van der Waals surface area contributed by atoms with E-state index in [4.69, 9.17) is 0 Å². The second-order valence-corrected chi connectivity index (χ2v) is 5.19. The normalized spacial score (nSPS) is 16.8. The average Bonchev–Trinajstić information content (AvgIpc) is 2.39. The second-order valence-electron chi connectivity index (χ2n) is 5.19. The van der Waals surface area contributed by atoms with Crippen LogP contribution in [-0.2, 0) is 6.42 Å². The first-order valence-corrected chi connectivity index (χ1v) is 6.95. The molecule has 0 spiro atoms. The molecule has 1 aromatic rings. The zero-order valence-corrected chi connectivity index (χ0v) is 11.7. The SMILES string of the molecule is CCc1cc(N(C)CC2CCNCC2)nc(C)n1. The minimum Gasteiger partial charge on any atom is -0.359 e. The van der Waals surface area contributed by atoms with E-state index in [2.05, 4.69) is 40.2 Å². The molecule has 4 nitrogen and oxygen atoms in total. The van der Waals surface area contributed by atoms with E-state index in [1.54, 1.807) is 0 Å². The average molecular weight is 248 g/mol. The third-order valence-electron chi connectivity index (χ3n) is 3.62. The Morgan fingerprint density at radius 2 is 2.06 bits per heavy atom. The molecule has 0 amide bonds. The van der Waals surface area contributed by atoms with Gasteiger partial charge in [-0.3, -0.25) is 0 Å². The highest BCUT2D eigenvalue weighted by molar-refractivity contribution is 5.39. The molecule has 1 N–H and O–H groups in total. The summed E-state index contributed by atoms with van der Waals surface area (Å²) in [7, 11) is 2.14. The maximum Gasteiger partial charge on any atom is 0.132 e. The van der Waals surface area contributed by atoms with Crippen molar-refractivity contribution in [1.82, 2.24) is 15.3 Å². The van der Waals surface area contributed by atoms with Gasteiger partial charge in [-0.15, -0.1) is 0 Å². The Bertz CT molecular complexity index is 385. The van der Waals surface area contributed by atoms with Gasteiger partial charge in [-0.05, 0) is 45.2 Å². The van der Waals surface area contributed by atoms with Crippen LogP contribution in [0.2, 0.25) is 0 Å². The van der Waals surface area contributed by atoms with Gasteiger partial charge < -0.3 is 10.2 Å². The molecule has 0 bridgehead atoms. The highest BCUT2D eigenvalue weighted by atomic mass is 15.2. The minimum absolute atomic E-state index is 0.789. The fraction of sp³-hybridized carbons (Fsp3) is 0.714. The molecule has 0 saturated carbocycles. The van der Waals surface area contributed by atoms with Crippen molar-refractivity contribution in [3.05, 3.63) is 17.6 Å². The Morgan fingerprint density at radius 1 is 1.33 bits per heavy atom. The maximum absolute atomic E-state index is 4.55. The molecule has 18 heavy (non-hydrogen) atoms. The fourth-order valence-electron chi connectivity index (χ4n) is 2.53. The Hall–Kier alpha value is -1.16. The predicted octanol–water partition coefficient (Wildman–Crippen LogP) is 1.78. The van der Waals surface area contributed by atoms with Crippen LogP contribution < -0.4 is 10.2 Å². The molecule has 0 radical (unpaired) electrons. The summed E-state index contributed by atoms with van der Waals surface area (Å²) in [4.78, 5) is 11.3. The number of nitrogens with zero attached hydrogens (tertiary/aromatic N) is 3. The van der Waals surface area contributed by atoms with E-state index in [0.29, 0.717) is 0 Å². The molecule has 0 atom stereocenters. The molecule has 100 valence electrons. The summed E-state index contributed by atoms with van der Waals surface area (Å²) >= 11 is 0. The predicted molar refractivity (Wildman–Crippen MR) is 75.0 cm³/mol. The summed E-state index contributed by atoms with van der Waals surface area (Å²) in [5.74, 6) is 2.73. The quantitative estimate of drug-likeness (QED) is 0.882. The van der Waals surface area contributed by atoms with Crippen LogP contribution in [0.4, 0.5) is 5.82 Å².